The summed E-state index contributed by atoms with van der Waals surface area (Å²) >= 11 is 12.3. The summed E-state index contributed by atoms with van der Waals surface area (Å²) in [5.74, 6) is -0.988. The first-order valence-electron chi connectivity index (χ1n) is 9.78. The number of carbonyl (C=O) groups is 2. The van der Waals surface area contributed by atoms with Crippen LogP contribution in [0.3, 0.4) is 0 Å². The zero-order valence-electron chi connectivity index (χ0n) is 17.2. The minimum atomic E-state index is -0.847. The van der Waals surface area contributed by atoms with Crippen molar-refractivity contribution in [2.75, 3.05) is 0 Å². The van der Waals surface area contributed by atoms with Crippen molar-refractivity contribution in [1.29, 1.82) is 0 Å². The molecule has 164 valence electrons. The molecule has 0 bridgehead atoms. The smallest absolute Gasteiger partial charge is 0.329 e. The van der Waals surface area contributed by atoms with Crippen LogP contribution in [0.5, 0.6) is 5.75 Å². The molecule has 3 aromatic rings. The number of halogens is 2. The molecule has 2 N–H and O–H groups in total. The fourth-order valence-corrected chi connectivity index (χ4v) is 3.29. The summed E-state index contributed by atoms with van der Waals surface area (Å²) in [7, 11) is 0. The lowest BCUT2D eigenvalue weighted by Gasteiger charge is -2.13. The molecular weight excluding hydrogens is 449 g/mol. The van der Waals surface area contributed by atoms with Crippen molar-refractivity contribution in [3.05, 3.63) is 99.5 Å². The molecule has 3 rings (SSSR count). The molecule has 0 radical (unpaired) electrons. The molecular formula is C24H21Cl2N3O3. The first kappa shape index (κ1) is 23.3. The maximum Gasteiger partial charge on any atom is 0.329 e. The highest BCUT2D eigenvalue weighted by Gasteiger charge is 2.16. The standard InChI is InChI=1S/C24H21Cl2N3O3/c1-16(18-6-3-2-4-7-18)28-23(30)24(31)29-27-14-17-10-12-19(13-11-17)32-15-20-21(25)8-5-9-22(20)26/h2-14,16H,15H2,1H3,(H,28,30)(H,29,31)/b27-14-/t16-/m0/s1. The van der Waals surface area contributed by atoms with Crippen LogP contribution in [-0.4, -0.2) is 18.0 Å². The van der Waals surface area contributed by atoms with Gasteiger partial charge < -0.3 is 10.1 Å². The summed E-state index contributed by atoms with van der Waals surface area (Å²) in [5, 5.41) is 7.54. The third-order valence-corrected chi connectivity index (χ3v) is 5.27. The van der Waals surface area contributed by atoms with E-state index in [-0.39, 0.29) is 12.6 Å². The van der Waals surface area contributed by atoms with Gasteiger partial charge in [-0.2, -0.15) is 5.10 Å². The van der Waals surface area contributed by atoms with E-state index in [1.807, 2.05) is 30.3 Å². The Morgan fingerprint density at radius 1 is 0.938 bits per heavy atom. The summed E-state index contributed by atoms with van der Waals surface area (Å²) in [4.78, 5) is 24.0. The summed E-state index contributed by atoms with van der Waals surface area (Å²) in [5.41, 5.74) is 4.55. The van der Waals surface area contributed by atoms with E-state index in [1.54, 1.807) is 49.4 Å². The first-order valence-corrected chi connectivity index (χ1v) is 10.5. The fourth-order valence-electron chi connectivity index (χ4n) is 2.78. The number of nitrogens with zero attached hydrogens (tertiary/aromatic N) is 1. The van der Waals surface area contributed by atoms with E-state index < -0.39 is 11.8 Å². The number of hydrogen-bond donors (Lipinski definition) is 2. The van der Waals surface area contributed by atoms with Gasteiger partial charge in [0.05, 0.1) is 12.3 Å². The Bertz CT molecular complexity index is 1080. The van der Waals surface area contributed by atoms with E-state index in [2.05, 4.69) is 15.8 Å². The second kappa shape index (κ2) is 11.3. The molecule has 8 heteroatoms. The maximum absolute atomic E-state index is 12.0. The van der Waals surface area contributed by atoms with Crippen molar-refractivity contribution in [3.63, 3.8) is 0 Å². The van der Waals surface area contributed by atoms with Crippen molar-refractivity contribution >= 4 is 41.2 Å². The van der Waals surface area contributed by atoms with Crippen LogP contribution in [-0.2, 0) is 16.2 Å². The van der Waals surface area contributed by atoms with Crippen LogP contribution in [0.1, 0.15) is 29.7 Å². The van der Waals surface area contributed by atoms with Gasteiger partial charge in [0.15, 0.2) is 0 Å². The zero-order valence-corrected chi connectivity index (χ0v) is 18.7. The van der Waals surface area contributed by atoms with E-state index in [0.29, 0.717) is 26.9 Å². The molecule has 0 aliphatic heterocycles. The van der Waals surface area contributed by atoms with E-state index in [1.165, 1.54) is 6.21 Å². The minimum absolute atomic E-state index is 0.235. The molecule has 32 heavy (non-hydrogen) atoms. The lowest BCUT2D eigenvalue weighted by Crippen LogP contribution is -2.39. The number of benzene rings is 3. The highest BCUT2D eigenvalue weighted by atomic mass is 35.5. The number of carbonyl (C=O) groups excluding carboxylic acids is 2. The van der Waals surface area contributed by atoms with E-state index in [4.69, 9.17) is 27.9 Å². The Morgan fingerprint density at radius 3 is 2.25 bits per heavy atom. The second-order valence-electron chi connectivity index (χ2n) is 6.86. The van der Waals surface area contributed by atoms with Crippen molar-refractivity contribution in [2.45, 2.75) is 19.6 Å². The lowest BCUT2D eigenvalue weighted by molar-refractivity contribution is -0.139. The number of amides is 2. The Kier molecular flexibility index (Phi) is 8.25. The van der Waals surface area contributed by atoms with Crippen LogP contribution in [0.15, 0.2) is 77.9 Å². The third-order valence-electron chi connectivity index (χ3n) is 4.56. The molecule has 0 saturated heterocycles. The van der Waals surface area contributed by atoms with Crippen molar-refractivity contribution < 1.29 is 14.3 Å². The molecule has 0 spiro atoms. The van der Waals surface area contributed by atoms with Crippen LogP contribution < -0.4 is 15.5 Å². The first-order chi connectivity index (χ1) is 15.4. The second-order valence-corrected chi connectivity index (χ2v) is 7.68. The molecule has 0 unspecified atom stereocenters. The number of rotatable bonds is 7. The van der Waals surface area contributed by atoms with E-state index in [0.717, 1.165) is 5.56 Å². The summed E-state index contributed by atoms with van der Waals surface area (Å²) in [6.45, 7) is 2.03. The van der Waals surface area contributed by atoms with Crippen LogP contribution in [0, 0.1) is 0 Å². The number of hydrogen-bond acceptors (Lipinski definition) is 4. The van der Waals surface area contributed by atoms with Crippen LogP contribution in [0.25, 0.3) is 0 Å². The molecule has 0 heterocycles. The topological polar surface area (TPSA) is 79.8 Å². The monoisotopic (exact) mass is 469 g/mol. The average Bonchev–Trinajstić information content (AvgIpc) is 2.80. The largest absolute Gasteiger partial charge is 0.489 e. The lowest BCUT2D eigenvalue weighted by atomic mass is 10.1. The molecule has 3 aromatic carbocycles. The quantitative estimate of drug-likeness (QED) is 0.293. The Hall–Kier alpha value is -3.35. The van der Waals surface area contributed by atoms with Gasteiger partial charge in [-0.1, -0.05) is 59.6 Å². The average molecular weight is 470 g/mol. The van der Waals surface area contributed by atoms with Gasteiger partial charge in [0, 0.05) is 15.6 Å². The highest BCUT2D eigenvalue weighted by Crippen LogP contribution is 2.25. The normalized spacial score (nSPS) is 11.7. The van der Waals surface area contributed by atoms with E-state index >= 15 is 0 Å². The van der Waals surface area contributed by atoms with Gasteiger partial charge in [0.1, 0.15) is 12.4 Å². The molecule has 0 saturated carbocycles. The summed E-state index contributed by atoms with van der Waals surface area (Å²) < 4.78 is 5.72. The van der Waals surface area contributed by atoms with Crippen LogP contribution in [0.4, 0.5) is 0 Å². The molecule has 1 atom stereocenters. The molecule has 0 fully saturated rings. The molecule has 0 aliphatic carbocycles. The Morgan fingerprint density at radius 2 is 1.59 bits per heavy atom. The SMILES string of the molecule is C[C@H](NC(=O)C(=O)N/N=C\c1ccc(OCc2c(Cl)cccc2Cl)cc1)c1ccccc1. The number of nitrogens with one attached hydrogen (secondary N) is 2. The minimum Gasteiger partial charge on any atom is -0.489 e. The maximum atomic E-state index is 12.0. The highest BCUT2D eigenvalue weighted by molar-refractivity contribution is 6.36. The number of ether oxygens (including phenoxy) is 1. The Labute approximate surface area is 196 Å². The van der Waals surface area contributed by atoms with Gasteiger partial charge in [-0.15, -0.1) is 0 Å². The van der Waals surface area contributed by atoms with Gasteiger partial charge in [-0.3, -0.25) is 9.59 Å². The summed E-state index contributed by atoms with van der Waals surface area (Å²) in [6.07, 6.45) is 1.43. The van der Waals surface area contributed by atoms with Crippen molar-refractivity contribution in [2.24, 2.45) is 5.10 Å². The van der Waals surface area contributed by atoms with Crippen LogP contribution in [0.2, 0.25) is 10.0 Å². The Balaban J connectivity index is 1.48. The van der Waals surface area contributed by atoms with Crippen molar-refractivity contribution in [3.8, 4) is 5.75 Å². The molecule has 2 amide bonds. The number of hydrazone groups is 1. The molecule has 0 aliphatic rings. The van der Waals surface area contributed by atoms with Crippen molar-refractivity contribution in [1.82, 2.24) is 10.7 Å². The summed E-state index contributed by atoms with van der Waals surface area (Å²) in [6, 6.07) is 21.4. The fraction of sp³-hybridized carbons (Fsp3) is 0.125. The van der Waals surface area contributed by atoms with Gasteiger partial charge in [0.25, 0.3) is 0 Å². The predicted molar refractivity (Wildman–Crippen MR) is 126 cm³/mol. The van der Waals surface area contributed by atoms with Gasteiger partial charge >= 0.3 is 11.8 Å². The molecule has 0 aromatic heterocycles. The van der Waals surface area contributed by atoms with Gasteiger partial charge in [0.2, 0.25) is 0 Å². The third kappa shape index (κ3) is 6.57. The molecule has 6 nitrogen and oxygen atoms in total. The van der Waals surface area contributed by atoms with E-state index in [9.17, 15) is 9.59 Å². The van der Waals surface area contributed by atoms with Gasteiger partial charge in [-0.25, -0.2) is 5.43 Å². The predicted octanol–water partition coefficient (Wildman–Crippen LogP) is 4.90. The zero-order chi connectivity index (χ0) is 22.9. The van der Waals surface area contributed by atoms with Crippen LogP contribution >= 0.6 is 23.2 Å². The van der Waals surface area contributed by atoms with Gasteiger partial charge in [-0.05, 0) is 54.4 Å².